The van der Waals surface area contributed by atoms with E-state index in [4.69, 9.17) is 16.3 Å². The van der Waals surface area contributed by atoms with Crippen molar-refractivity contribution in [2.24, 2.45) is 0 Å². The number of hydrogen-bond donors (Lipinski definition) is 1. The van der Waals surface area contributed by atoms with Crippen LogP contribution in [-0.2, 0) is 4.74 Å². The molecule has 1 aromatic carbocycles. The molecular weight excluding hydrogens is 385 g/mol. The molecule has 3 nitrogen and oxygen atoms in total. The van der Waals surface area contributed by atoms with Crippen LogP contribution in [0, 0.1) is 0 Å². The number of alkyl halides is 1. The summed E-state index contributed by atoms with van der Waals surface area (Å²) in [6.45, 7) is 1.94. The second kappa shape index (κ2) is 8.91. The first-order chi connectivity index (χ1) is 8.65. The molecule has 1 aromatic rings. The van der Waals surface area contributed by atoms with Gasteiger partial charge >= 0.3 is 0 Å². The Morgan fingerprint density at radius 2 is 2.17 bits per heavy atom. The molecule has 0 unspecified atom stereocenters. The van der Waals surface area contributed by atoms with Gasteiger partial charge in [0.05, 0.1) is 11.6 Å². The summed E-state index contributed by atoms with van der Waals surface area (Å²) >= 11 is 12.4. The van der Waals surface area contributed by atoms with E-state index in [9.17, 15) is 4.79 Å². The summed E-state index contributed by atoms with van der Waals surface area (Å²) in [5.74, 6) is -0.104. The fourth-order valence-electron chi connectivity index (χ4n) is 1.27. The summed E-state index contributed by atoms with van der Waals surface area (Å²) in [4.78, 5) is 11.8. The molecule has 0 bridgehead atoms. The number of benzene rings is 1. The lowest BCUT2D eigenvalue weighted by molar-refractivity contribution is 0.0944. The Kier molecular flexibility index (Phi) is 7.90. The van der Waals surface area contributed by atoms with Crippen LogP contribution in [0.1, 0.15) is 16.8 Å². The highest BCUT2D eigenvalue weighted by molar-refractivity contribution is 9.10. The SMILES string of the molecule is O=C(NCCCOCCBr)c1ccc(Cl)c(Br)c1. The van der Waals surface area contributed by atoms with E-state index in [0.717, 1.165) is 16.2 Å². The third kappa shape index (κ3) is 5.69. The van der Waals surface area contributed by atoms with E-state index in [1.54, 1.807) is 18.2 Å². The molecule has 6 heteroatoms. The van der Waals surface area contributed by atoms with E-state index in [1.807, 2.05) is 0 Å². The zero-order valence-corrected chi connectivity index (χ0v) is 13.6. The largest absolute Gasteiger partial charge is 0.381 e. The topological polar surface area (TPSA) is 38.3 Å². The van der Waals surface area contributed by atoms with Crippen molar-refractivity contribution in [2.45, 2.75) is 6.42 Å². The number of ether oxygens (including phenoxy) is 1. The molecule has 18 heavy (non-hydrogen) atoms. The maximum absolute atomic E-state index is 11.8. The van der Waals surface area contributed by atoms with Gasteiger partial charge in [-0.25, -0.2) is 0 Å². The van der Waals surface area contributed by atoms with Crippen LogP contribution in [0.3, 0.4) is 0 Å². The normalized spacial score (nSPS) is 10.4. The van der Waals surface area contributed by atoms with Gasteiger partial charge in [-0.05, 0) is 40.5 Å². The summed E-state index contributed by atoms with van der Waals surface area (Å²) in [6, 6.07) is 5.10. The number of amides is 1. The maximum Gasteiger partial charge on any atom is 0.251 e. The first-order valence-corrected chi connectivity index (χ1v) is 7.81. The van der Waals surface area contributed by atoms with Gasteiger partial charge in [0.15, 0.2) is 0 Å². The number of carbonyl (C=O) groups excluding carboxylic acids is 1. The Balaban J connectivity index is 2.30. The molecule has 0 aliphatic heterocycles. The van der Waals surface area contributed by atoms with Crippen molar-refractivity contribution >= 4 is 49.4 Å². The van der Waals surface area contributed by atoms with Crippen molar-refractivity contribution in [2.75, 3.05) is 25.1 Å². The summed E-state index contributed by atoms with van der Waals surface area (Å²) < 4.78 is 6.00. The smallest absolute Gasteiger partial charge is 0.251 e. The standard InChI is InChI=1S/C12H14Br2ClNO2/c13-4-7-18-6-1-5-16-12(17)9-2-3-11(15)10(14)8-9/h2-3,8H,1,4-7H2,(H,16,17). The lowest BCUT2D eigenvalue weighted by atomic mass is 10.2. The summed E-state index contributed by atoms with van der Waals surface area (Å²) in [7, 11) is 0. The van der Waals surface area contributed by atoms with Gasteiger partial charge in [-0.2, -0.15) is 0 Å². The molecule has 0 atom stereocenters. The molecule has 1 rings (SSSR count). The van der Waals surface area contributed by atoms with Gasteiger partial charge in [-0.3, -0.25) is 4.79 Å². The number of nitrogens with one attached hydrogen (secondary N) is 1. The van der Waals surface area contributed by atoms with Gasteiger partial charge < -0.3 is 10.1 Å². The van der Waals surface area contributed by atoms with Crippen LogP contribution in [0.5, 0.6) is 0 Å². The molecule has 0 aromatic heterocycles. The third-order valence-corrected chi connectivity index (χ3v) is 3.69. The zero-order valence-electron chi connectivity index (χ0n) is 9.72. The number of carbonyl (C=O) groups is 1. The maximum atomic E-state index is 11.8. The van der Waals surface area contributed by atoms with Crippen molar-refractivity contribution in [1.82, 2.24) is 5.32 Å². The van der Waals surface area contributed by atoms with E-state index in [0.29, 0.717) is 30.3 Å². The Morgan fingerprint density at radius 1 is 1.39 bits per heavy atom. The zero-order chi connectivity index (χ0) is 13.4. The Morgan fingerprint density at radius 3 is 2.83 bits per heavy atom. The lowest BCUT2D eigenvalue weighted by Crippen LogP contribution is -2.25. The van der Waals surface area contributed by atoms with E-state index in [2.05, 4.69) is 37.2 Å². The van der Waals surface area contributed by atoms with Gasteiger partial charge in [0.2, 0.25) is 0 Å². The van der Waals surface area contributed by atoms with Gasteiger partial charge in [-0.1, -0.05) is 27.5 Å². The molecule has 1 N–H and O–H groups in total. The molecular formula is C12H14Br2ClNO2. The Hall–Kier alpha value is -0.100. The molecule has 0 saturated carbocycles. The monoisotopic (exact) mass is 397 g/mol. The second-order valence-corrected chi connectivity index (χ2v) is 5.59. The summed E-state index contributed by atoms with van der Waals surface area (Å²) in [5, 5.41) is 4.25. The number of rotatable bonds is 7. The van der Waals surface area contributed by atoms with E-state index in [-0.39, 0.29) is 5.91 Å². The van der Waals surface area contributed by atoms with Crippen molar-refractivity contribution in [3.63, 3.8) is 0 Å². The fourth-order valence-corrected chi connectivity index (χ4v) is 2.00. The molecule has 0 aliphatic rings. The first-order valence-electron chi connectivity index (χ1n) is 5.52. The minimum Gasteiger partial charge on any atom is -0.381 e. The van der Waals surface area contributed by atoms with Crippen LogP contribution in [0.4, 0.5) is 0 Å². The van der Waals surface area contributed by atoms with Crippen LogP contribution in [0.15, 0.2) is 22.7 Å². The van der Waals surface area contributed by atoms with Crippen molar-refractivity contribution in [3.05, 3.63) is 33.3 Å². The molecule has 0 fully saturated rings. The van der Waals surface area contributed by atoms with E-state index >= 15 is 0 Å². The predicted molar refractivity (Wildman–Crippen MR) is 80.7 cm³/mol. The molecule has 0 heterocycles. The Labute approximate surface area is 128 Å². The summed E-state index contributed by atoms with van der Waals surface area (Å²) in [6.07, 6.45) is 0.799. The second-order valence-electron chi connectivity index (χ2n) is 3.54. The first kappa shape index (κ1) is 16.0. The predicted octanol–water partition coefficient (Wildman–Crippen LogP) is 3.63. The fraction of sp³-hybridized carbons (Fsp3) is 0.417. The number of halogens is 3. The molecule has 0 aliphatic carbocycles. The molecule has 1 amide bonds. The van der Waals surface area contributed by atoms with Crippen LogP contribution in [0.25, 0.3) is 0 Å². The van der Waals surface area contributed by atoms with Gasteiger partial charge in [-0.15, -0.1) is 0 Å². The van der Waals surface area contributed by atoms with E-state index < -0.39 is 0 Å². The lowest BCUT2D eigenvalue weighted by Gasteiger charge is -2.06. The highest BCUT2D eigenvalue weighted by Crippen LogP contribution is 2.23. The number of hydrogen-bond acceptors (Lipinski definition) is 2. The quantitative estimate of drug-likeness (QED) is 0.562. The molecule has 100 valence electrons. The average Bonchev–Trinajstić information content (AvgIpc) is 2.36. The summed E-state index contributed by atoms with van der Waals surface area (Å²) in [5.41, 5.74) is 0.590. The van der Waals surface area contributed by atoms with Gasteiger partial charge in [0, 0.05) is 28.5 Å². The van der Waals surface area contributed by atoms with E-state index in [1.165, 1.54) is 0 Å². The van der Waals surface area contributed by atoms with Crippen LogP contribution >= 0.6 is 43.5 Å². The molecule has 0 spiro atoms. The Bertz CT molecular complexity index is 402. The average molecular weight is 400 g/mol. The molecule has 0 saturated heterocycles. The molecule has 0 radical (unpaired) electrons. The highest BCUT2D eigenvalue weighted by Gasteiger charge is 2.06. The van der Waals surface area contributed by atoms with Gasteiger partial charge in [0.25, 0.3) is 5.91 Å². The van der Waals surface area contributed by atoms with Crippen molar-refractivity contribution in [3.8, 4) is 0 Å². The van der Waals surface area contributed by atoms with Crippen molar-refractivity contribution < 1.29 is 9.53 Å². The third-order valence-electron chi connectivity index (χ3n) is 2.15. The highest BCUT2D eigenvalue weighted by atomic mass is 79.9. The van der Waals surface area contributed by atoms with Crippen LogP contribution in [-0.4, -0.2) is 31.0 Å². The van der Waals surface area contributed by atoms with Crippen molar-refractivity contribution in [1.29, 1.82) is 0 Å². The van der Waals surface area contributed by atoms with Gasteiger partial charge in [0.1, 0.15) is 0 Å². The van der Waals surface area contributed by atoms with Crippen LogP contribution < -0.4 is 5.32 Å². The minimum absolute atomic E-state index is 0.104. The minimum atomic E-state index is -0.104. The van der Waals surface area contributed by atoms with Crippen LogP contribution in [0.2, 0.25) is 5.02 Å².